The second-order valence-corrected chi connectivity index (χ2v) is 2.08. The summed E-state index contributed by atoms with van der Waals surface area (Å²) >= 11 is 0. The Morgan fingerprint density at radius 3 is 2.56 bits per heavy atom. The SMILES string of the molecule is NOC(=O)C1CC(=O)C1. The molecule has 0 atom stereocenters. The maximum absolute atomic E-state index is 10.4. The summed E-state index contributed by atoms with van der Waals surface area (Å²) in [7, 11) is 0. The summed E-state index contributed by atoms with van der Waals surface area (Å²) in [6.45, 7) is 0. The minimum absolute atomic E-state index is 0.102. The first-order valence-corrected chi connectivity index (χ1v) is 2.66. The summed E-state index contributed by atoms with van der Waals surface area (Å²) < 4.78 is 0. The predicted molar refractivity (Wildman–Crippen MR) is 28.0 cm³/mol. The standard InChI is InChI=1S/C5H7NO3/c6-9-5(8)3-1-4(7)2-3/h3H,1-2,6H2. The van der Waals surface area contributed by atoms with Gasteiger partial charge in [0.05, 0.1) is 5.92 Å². The molecule has 0 aromatic heterocycles. The highest BCUT2D eigenvalue weighted by Crippen LogP contribution is 2.22. The molecule has 50 valence electrons. The minimum Gasteiger partial charge on any atom is -0.373 e. The first-order chi connectivity index (χ1) is 4.24. The number of Topliss-reactive ketones (excluding diaryl/α,β-unsaturated/α-hetero) is 1. The lowest BCUT2D eigenvalue weighted by Crippen LogP contribution is -2.33. The number of hydrogen-bond donors (Lipinski definition) is 1. The maximum atomic E-state index is 10.4. The molecule has 0 amide bonds. The molecule has 0 aromatic carbocycles. The van der Waals surface area contributed by atoms with Crippen LogP contribution in [-0.4, -0.2) is 11.8 Å². The number of ketones is 1. The maximum Gasteiger partial charge on any atom is 0.328 e. The fraction of sp³-hybridized carbons (Fsp3) is 0.600. The third kappa shape index (κ3) is 1.08. The molecule has 2 N–H and O–H groups in total. The second-order valence-electron chi connectivity index (χ2n) is 2.08. The number of hydrogen-bond acceptors (Lipinski definition) is 4. The van der Waals surface area contributed by atoms with Crippen LogP contribution >= 0.6 is 0 Å². The van der Waals surface area contributed by atoms with Gasteiger partial charge in [-0.25, -0.2) is 0 Å². The quantitative estimate of drug-likeness (QED) is 0.479. The van der Waals surface area contributed by atoms with Crippen molar-refractivity contribution in [1.29, 1.82) is 0 Å². The third-order valence-corrected chi connectivity index (χ3v) is 1.40. The zero-order valence-electron chi connectivity index (χ0n) is 4.79. The normalized spacial score (nSPS) is 19.0. The molecule has 0 radical (unpaired) electrons. The number of rotatable bonds is 1. The van der Waals surface area contributed by atoms with Crippen LogP contribution in [0.3, 0.4) is 0 Å². The average molecular weight is 129 g/mol. The predicted octanol–water partition coefficient (Wildman–Crippen LogP) is -0.618. The highest BCUT2D eigenvalue weighted by Gasteiger charge is 2.33. The van der Waals surface area contributed by atoms with Crippen molar-refractivity contribution in [2.24, 2.45) is 11.8 Å². The van der Waals surface area contributed by atoms with Gasteiger partial charge >= 0.3 is 5.97 Å². The number of carbonyl (C=O) groups is 2. The molecule has 1 fully saturated rings. The molecule has 9 heavy (non-hydrogen) atoms. The van der Waals surface area contributed by atoms with Crippen molar-refractivity contribution in [3.05, 3.63) is 0 Å². The van der Waals surface area contributed by atoms with Gasteiger partial charge in [-0.3, -0.25) is 9.59 Å². The second kappa shape index (κ2) is 2.14. The lowest BCUT2D eigenvalue weighted by molar-refractivity contribution is -0.156. The van der Waals surface area contributed by atoms with Gasteiger partial charge in [0.25, 0.3) is 0 Å². The van der Waals surface area contributed by atoms with E-state index in [4.69, 9.17) is 0 Å². The van der Waals surface area contributed by atoms with E-state index >= 15 is 0 Å². The molecule has 0 bridgehead atoms. The van der Waals surface area contributed by atoms with E-state index in [0.717, 1.165) is 0 Å². The molecule has 1 rings (SSSR count). The molecule has 1 saturated carbocycles. The lowest BCUT2D eigenvalue weighted by atomic mass is 9.84. The van der Waals surface area contributed by atoms with E-state index in [1.807, 2.05) is 0 Å². The van der Waals surface area contributed by atoms with Crippen molar-refractivity contribution in [1.82, 2.24) is 0 Å². The van der Waals surface area contributed by atoms with Crippen molar-refractivity contribution in [3.63, 3.8) is 0 Å². The molecule has 4 nitrogen and oxygen atoms in total. The molecule has 0 aliphatic heterocycles. The fourth-order valence-electron chi connectivity index (χ4n) is 0.753. The highest BCUT2D eigenvalue weighted by atomic mass is 16.7. The molecule has 0 aromatic rings. The van der Waals surface area contributed by atoms with Gasteiger partial charge in [-0.05, 0) is 0 Å². The zero-order chi connectivity index (χ0) is 6.85. The molecular weight excluding hydrogens is 122 g/mol. The van der Waals surface area contributed by atoms with E-state index in [1.165, 1.54) is 0 Å². The molecule has 1 aliphatic carbocycles. The van der Waals surface area contributed by atoms with E-state index in [-0.39, 0.29) is 11.7 Å². The number of nitrogens with two attached hydrogens (primary N) is 1. The van der Waals surface area contributed by atoms with Gasteiger partial charge in [-0.2, -0.15) is 5.90 Å². The molecular formula is C5H7NO3. The number of carbonyl (C=O) groups excluding carboxylic acids is 2. The Hall–Kier alpha value is -0.900. The molecule has 4 heteroatoms. The summed E-state index contributed by atoms with van der Waals surface area (Å²) in [4.78, 5) is 24.6. The minimum atomic E-state index is -0.477. The van der Waals surface area contributed by atoms with Crippen LogP contribution in [0.15, 0.2) is 0 Å². The molecule has 0 unspecified atom stereocenters. The molecule has 0 heterocycles. The largest absolute Gasteiger partial charge is 0.373 e. The van der Waals surface area contributed by atoms with Gasteiger partial charge in [0.15, 0.2) is 0 Å². The first kappa shape index (κ1) is 6.22. The van der Waals surface area contributed by atoms with Gasteiger partial charge < -0.3 is 4.84 Å². The van der Waals surface area contributed by atoms with E-state index in [1.54, 1.807) is 0 Å². The average Bonchev–Trinajstić information content (AvgIpc) is 1.79. The Morgan fingerprint density at radius 1 is 1.67 bits per heavy atom. The Kier molecular flexibility index (Phi) is 1.48. The summed E-state index contributed by atoms with van der Waals surface area (Å²) in [6.07, 6.45) is 0.603. The van der Waals surface area contributed by atoms with E-state index in [2.05, 4.69) is 10.7 Å². The topological polar surface area (TPSA) is 69.4 Å². The summed E-state index contributed by atoms with van der Waals surface area (Å²) in [6, 6.07) is 0. The highest BCUT2D eigenvalue weighted by molar-refractivity contribution is 5.94. The fourth-order valence-corrected chi connectivity index (χ4v) is 0.753. The van der Waals surface area contributed by atoms with Crippen LogP contribution in [0.4, 0.5) is 0 Å². The van der Waals surface area contributed by atoms with Crippen LogP contribution in [0.2, 0.25) is 0 Å². The van der Waals surface area contributed by atoms with Gasteiger partial charge in [-0.1, -0.05) is 0 Å². The van der Waals surface area contributed by atoms with Crippen molar-refractivity contribution in [2.75, 3.05) is 0 Å². The van der Waals surface area contributed by atoms with E-state index in [0.29, 0.717) is 12.8 Å². The molecule has 0 spiro atoms. The van der Waals surface area contributed by atoms with Crippen LogP contribution in [0.5, 0.6) is 0 Å². The van der Waals surface area contributed by atoms with Crippen molar-refractivity contribution < 1.29 is 14.4 Å². The summed E-state index contributed by atoms with van der Waals surface area (Å²) in [5.74, 6) is 3.93. The van der Waals surface area contributed by atoms with Crippen LogP contribution in [0, 0.1) is 5.92 Å². The van der Waals surface area contributed by atoms with E-state index in [9.17, 15) is 9.59 Å². The van der Waals surface area contributed by atoms with Crippen LogP contribution in [0.1, 0.15) is 12.8 Å². The first-order valence-electron chi connectivity index (χ1n) is 2.66. The van der Waals surface area contributed by atoms with Crippen LogP contribution < -0.4 is 5.90 Å². The Labute approximate surface area is 51.9 Å². The third-order valence-electron chi connectivity index (χ3n) is 1.40. The van der Waals surface area contributed by atoms with Crippen molar-refractivity contribution in [2.45, 2.75) is 12.8 Å². The van der Waals surface area contributed by atoms with Gasteiger partial charge in [0.1, 0.15) is 5.78 Å². The summed E-state index contributed by atoms with van der Waals surface area (Å²) in [5, 5.41) is 0. The van der Waals surface area contributed by atoms with Crippen molar-refractivity contribution in [3.8, 4) is 0 Å². The van der Waals surface area contributed by atoms with Gasteiger partial charge in [-0.15, -0.1) is 0 Å². The molecule has 1 aliphatic rings. The lowest BCUT2D eigenvalue weighted by Gasteiger charge is -2.19. The smallest absolute Gasteiger partial charge is 0.328 e. The van der Waals surface area contributed by atoms with Gasteiger partial charge in [0.2, 0.25) is 0 Å². The Morgan fingerprint density at radius 2 is 2.22 bits per heavy atom. The summed E-state index contributed by atoms with van der Waals surface area (Å²) in [5.41, 5.74) is 0. The Balaban J connectivity index is 2.31. The van der Waals surface area contributed by atoms with Gasteiger partial charge in [0, 0.05) is 12.8 Å². The Bertz CT molecular complexity index is 146. The van der Waals surface area contributed by atoms with Crippen LogP contribution in [0.25, 0.3) is 0 Å². The molecule has 0 saturated heterocycles. The van der Waals surface area contributed by atoms with Crippen LogP contribution in [-0.2, 0) is 14.4 Å². The monoisotopic (exact) mass is 129 g/mol. The van der Waals surface area contributed by atoms with E-state index < -0.39 is 5.97 Å². The zero-order valence-corrected chi connectivity index (χ0v) is 4.79. The van der Waals surface area contributed by atoms with Crippen molar-refractivity contribution >= 4 is 11.8 Å².